The van der Waals surface area contributed by atoms with Gasteiger partial charge in [0.15, 0.2) is 0 Å². The minimum absolute atomic E-state index is 0.0478. The Bertz CT molecular complexity index is 1200. The van der Waals surface area contributed by atoms with Crippen LogP contribution in [-0.4, -0.2) is 35.4 Å². The molecule has 5 nitrogen and oxygen atoms in total. The molecule has 1 aliphatic heterocycles. The monoisotopic (exact) mass is 482 g/mol. The van der Waals surface area contributed by atoms with Crippen LogP contribution in [0.3, 0.4) is 0 Å². The van der Waals surface area contributed by atoms with Crippen molar-refractivity contribution in [3.05, 3.63) is 108 Å². The normalized spacial score (nSPS) is 23.9. The van der Waals surface area contributed by atoms with E-state index in [1.54, 1.807) is 18.2 Å². The lowest BCUT2D eigenvalue weighted by Gasteiger charge is -2.20. The number of carbonyl (C=O) groups is 2. The molecule has 1 saturated carbocycles. The lowest BCUT2D eigenvalue weighted by molar-refractivity contribution is -0.141. The minimum atomic E-state index is -0.621. The van der Waals surface area contributed by atoms with Crippen molar-refractivity contribution in [2.45, 2.75) is 44.0 Å². The van der Waals surface area contributed by atoms with Gasteiger partial charge in [-0.25, -0.2) is 4.79 Å². The fourth-order valence-electron chi connectivity index (χ4n) is 5.24. The van der Waals surface area contributed by atoms with Gasteiger partial charge in [-0.15, -0.1) is 0 Å². The van der Waals surface area contributed by atoms with Gasteiger partial charge in [0, 0.05) is 18.3 Å². The third-order valence-corrected chi connectivity index (χ3v) is 7.16. The highest BCUT2D eigenvalue weighted by atomic mass is 16.6. The van der Waals surface area contributed by atoms with Crippen molar-refractivity contribution in [1.82, 2.24) is 0 Å². The van der Waals surface area contributed by atoms with Gasteiger partial charge in [-0.05, 0) is 41.7 Å². The Hall–Kier alpha value is -3.70. The van der Waals surface area contributed by atoms with E-state index in [-0.39, 0.29) is 23.9 Å². The molecule has 1 saturated heterocycles. The zero-order valence-electron chi connectivity index (χ0n) is 20.0. The molecule has 184 valence electrons. The van der Waals surface area contributed by atoms with Crippen LogP contribution >= 0.6 is 0 Å². The first-order chi connectivity index (χ1) is 17.6. The van der Waals surface area contributed by atoms with Crippen molar-refractivity contribution < 1.29 is 24.2 Å². The average molecular weight is 483 g/mol. The Morgan fingerprint density at radius 1 is 0.972 bits per heavy atom. The van der Waals surface area contributed by atoms with Gasteiger partial charge in [0.2, 0.25) is 0 Å². The van der Waals surface area contributed by atoms with Crippen LogP contribution < -0.4 is 0 Å². The highest BCUT2D eigenvalue weighted by Gasteiger charge is 2.50. The zero-order chi connectivity index (χ0) is 24.9. The first-order valence-corrected chi connectivity index (χ1v) is 12.5. The molecule has 0 amide bonds. The molecule has 1 aliphatic carbocycles. The second kappa shape index (κ2) is 10.9. The van der Waals surface area contributed by atoms with E-state index in [0.29, 0.717) is 24.8 Å². The molecule has 0 radical (unpaired) electrons. The lowest BCUT2D eigenvalue weighted by Crippen LogP contribution is -2.25. The summed E-state index contributed by atoms with van der Waals surface area (Å²) in [5.74, 6) is -0.836. The predicted molar refractivity (Wildman–Crippen MR) is 137 cm³/mol. The SMILES string of the molecule is O=C1C[C@@H]2[C@@H](C=C[C@H](O)CCc3ccccc3)[C@H](OC(=O)c3ccc(-c4ccccc4)cc3)C[C@@H]2O1. The highest BCUT2D eigenvalue weighted by molar-refractivity contribution is 5.90. The van der Waals surface area contributed by atoms with Crippen molar-refractivity contribution in [1.29, 1.82) is 0 Å². The number of hydrogen-bond acceptors (Lipinski definition) is 5. The topological polar surface area (TPSA) is 72.8 Å². The van der Waals surface area contributed by atoms with Crippen LogP contribution in [0.5, 0.6) is 0 Å². The maximum Gasteiger partial charge on any atom is 0.338 e. The van der Waals surface area contributed by atoms with Gasteiger partial charge < -0.3 is 14.6 Å². The Balaban J connectivity index is 1.24. The zero-order valence-corrected chi connectivity index (χ0v) is 20.0. The number of aliphatic hydroxyl groups is 1. The van der Waals surface area contributed by atoms with E-state index in [1.165, 1.54) is 5.56 Å². The maximum absolute atomic E-state index is 13.0. The van der Waals surface area contributed by atoms with Crippen LogP contribution in [0.4, 0.5) is 0 Å². The largest absolute Gasteiger partial charge is 0.462 e. The first-order valence-electron chi connectivity index (χ1n) is 12.5. The Labute approximate surface area is 211 Å². The van der Waals surface area contributed by atoms with Crippen LogP contribution in [0, 0.1) is 11.8 Å². The van der Waals surface area contributed by atoms with Gasteiger partial charge in [0.05, 0.1) is 18.1 Å². The number of ether oxygens (including phenoxy) is 2. The van der Waals surface area contributed by atoms with E-state index < -0.39 is 18.2 Å². The second-order valence-corrected chi connectivity index (χ2v) is 9.57. The smallest absolute Gasteiger partial charge is 0.338 e. The molecule has 1 heterocycles. The van der Waals surface area contributed by atoms with E-state index in [0.717, 1.165) is 17.5 Å². The van der Waals surface area contributed by atoms with Crippen LogP contribution in [-0.2, 0) is 20.7 Å². The molecule has 36 heavy (non-hydrogen) atoms. The number of aryl methyl sites for hydroxylation is 1. The summed E-state index contributed by atoms with van der Waals surface area (Å²) < 4.78 is 11.4. The summed E-state index contributed by atoms with van der Waals surface area (Å²) in [7, 11) is 0. The minimum Gasteiger partial charge on any atom is -0.462 e. The quantitative estimate of drug-likeness (QED) is 0.345. The van der Waals surface area contributed by atoms with Crippen molar-refractivity contribution in [3.8, 4) is 11.1 Å². The molecule has 3 aromatic rings. The maximum atomic E-state index is 13.0. The standard InChI is InChI=1S/C31H30O5/c32-25(16-11-21-7-3-1-4-8-21)17-18-26-27-19-30(33)35-29(27)20-28(26)36-31(34)24-14-12-23(13-15-24)22-9-5-2-6-10-22/h1-10,12-15,17-18,25-29,32H,11,16,19-20H2/t25-,26-,27-,28-,29+/m1/s1. The molecule has 5 heteroatoms. The van der Waals surface area contributed by atoms with Gasteiger partial charge in [-0.2, -0.15) is 0 Å². The summed E-state index contributed by atoms with van der Waals surface area (Å²) in [5.41, 5.74) is 3.76. The summed E-state index contributed by atoms with van der Waals surface area (Å²) in [6.45, 7) is 0. The number of esters is 2. The van der Waals surface area contributed by atoms with Crippen LogP contribution in [0.1, 0.15) is 35.2 Å². The molecule has 1 N–H and O–H groups in total. The lowest BCUT2D eigenvalue weighted by atomic mass is 9.91. The second-order valence-electron chi connectivity index (χ2n) is 9.57. The van der Waals surface area contributed by atoms with E-state index >= 15 is 0 Å². The third kappa shape index (κ3) is 5.58. The fourth-order valence-corrected chi connectivity index (χ4v) is 5.24. The summed E-state index contributed by atoms with van der Waals surface area (Å²) in [4.78, 5) is 24.9. The summed E-state index contributed by atoms with van der Waals surface area (Å²) in [6, 6.07) is 27.4. The van der Waals surface area contributed by atoms with Gasteiger partial charge in [-0.3, -0.25) is 4.79 Å². The first kappa shape index (κ1) is 24.0. The molecule has 3 aromatic carbocycles. The molecule has 0 aromatic heterocycles. The van der Waals surface area contributed by atoms with Gasteiger partial charge in [0.1, 0.15) is 12.2 Å². The van der Waals surface area contributed by atoms with Crippen molar-refractivity contribution in [2.75, 3.05) is 0 Å². The van der Waals surface area contributed by atoms with Crippen molar-refractivity contribution >= 4 is 11.9 Å². The van der Waals surface area contributed by atoms with Crippen LogP contribution in [0.2, 0.25) is 0 Å². The van der Waals surface area contributed by atoms with Gasteiger partial charge in [0.25, 0.3) is 0 Å². The van der Waals surface area contributed by atoms with Crippen LogP contribution in [0.25, 0.3) is 11.1 Å². The summed E-state index contributed by atoms with van der Waals surface area (Å²) >= 11 is 0. The number of fused-ring (bicyclic) bond motifs is 1. The number of hydrogen-bond donors (Lipinski definition) is 1. The molecular weight excluding hydrogens is 452 g/mol. The van der Waals surface area contributed by atoms with Crippen molar-refractivity contribution in [2.24, 2.45) is 11.8 Å². The molecule has 0 bridgehead atoms. The van der Waals surface area contributed by atoms with Crippen molar-refractivity contribution in [3.63, 3.8) is 0 Å². The molecule has 5 atom stereocenters. The Morgan fingerprint density at radius 2 is 1.64 bits per heavy atom. The predicted octanol–water partition coefficient (Wildman–Crippen LogP) is 5.38. The summed E-state index contributed by atoms with van der Waals surface area (Å²) in [6.07, 6.45) is 4.53. The molecular formula is C31H30O5. The molecule has 2 fully saturated rings. The number of carbonyl (C=O) groups excluding carboxylic acids is 2. The molecule has 2 aliphatic rings. The fraction of sp³-hybridized carbons (Fsp3) is 0.290. The molecule has 5 rings (SSSR count). The third-order valence-electron chi connectivity index (χ3n) is 7.16. The van der Waals surface area contributed by atoms with Crippen LogP contribution in [0.15, 0.2) is 97.1 Å². The number of benzene rings is 3. The molecule has 0 spiro atoms. The highest BCUT2D eigenvalue weighted by Crippen LogP contribution is 2.43. The van der Waals surface area contributed by atoms with E-state index in [1.807, 2.05) is 78.9 Å². The number of aliphatic hydroxyl groups excluding tert-OH is 1. The Kier molecular flexibility index (Phi) is 7.28. The van der Waals surface area contributed by atoms with E-state index in [9.17, 15) is 14.7 Å². The Morgan fingerprint density at radius 3 is 2.36 bits per heavy atom. The average Bonchev–Trinajstić information content (AvgIpc) is 3.42. The number of rotatable bonds is 8. The van der Waals surface area contributed by atoms with Gasteiger partial charge >= 0.3 is 11.9 Å². The van der Waals surface area contributed by atoms with E-state index in [2.05, 4.69) is 0 Å². The molecule has 0 unspecified atom stereocenters. The van der Waals surface area contributed by atoms with E-state index in [4.69, 9.17) is 9.47 Å². The summed E-state index contributed by atoms with van der Waals surface area (Å²) in [5, 5.41) is 10.5. The van der Waals surface area contributed by atoms with Gasteiger partial charge in [-0.1, -0.05) is 84.9 Å².